The molecule has 0 fully saturated rings. The van der Waals surface area contributed by atoms with Crippen molar-refractivity contribution in [3.8, 4) is 5.75 Å². The standard InChI is InChI=1S/C17H16Cl2N2O3/c1-10-3-6-15(24-2)14(7-10)21-17(23)9-16(22)20-11-4-5-12(18)13(19)8-11/h3-8H,9H2,1-2H3,(H,20,22)(H,21,23). The molecule has 0 bridgehead atoms. The van der Waals surface area contributed by atoms with Crippen LogP contribution in [-0.4, -0.2) is 18.9 Å². The van der Waals surface area contributed by atoms with Gasteiger partial charge in [0, 0.05) is 5.69 Å². The number of ether oxygens (including phenoxy) is 1. The van der Waals surface area contributed by atoms with Crippen LogP contribution >= 0.6 is 23.2 Å². The van der Waals surface area contributed by atoms with Crippen LogP contribution in [0.2, 0.25) is 10.0 Å². The zero-order chi connectivity index (χ0) is 17.7. The lowest BCUT2D eigenvalue weighted by Crippen LogP contribution is -2.21. The minimum absolute atomic E-state index is 0.323. The number of hydrogen-bond donors (Lipinski definition) is 2. The van der Waals surface area contributed by atoms with E-state index in [2.05, 4.69) is 10.6 Å². The lowest BCUT2D eigenvalue weighted by molar-refractivity contribution is -0.123. The van der Waals surface area contributed by atoms with E-state index >= 15 is 0 Å². The maximum Gasteiger partial charge on any atom is 0.233 e. The lowest BCUT2D eigenvalue weighted by Gasteiger charge is -2.11. The van der Waals surface area contributed by atoms with Gasteiger partial charge in [0.2, 0.25) is 11.8 Å². The van der Waals surface area contributed by atoms with Gasteiger partial charge < -0.3 is 15.4 Å². The van der Waals surface area contributed by atoms with Gasteiger partial charge in [0.15, 0.2) is 0 Å². The van der Waals surface area contributed by atoms with Crippen LogP contribution in [0.5, 0.6) is 5.75 Å². The van der Waals surface area contributed by atoms with Crippen LogP contribution in [0.25, 0.3) is 0 Å². The summed E-state index contributed by atoms with van der Waals surface area (Å²) in [7, 11) is 1.51. The molecule has 7 heteroatoms. The predicted molar refractivity (Wildman–Crippen MR) is 96.1 cm³/mol. The summed E-state index contributed by atoms with van der Waals surface area (Å²) in [5.41, 5.74) is 1.95. The first-order valence-corrected chi connectivity index (χ1v) is 7.84. The Morgan fingerprint density at radius 3 is 2.38 bits per heavy atom. The summed E-state index contributed by atoms with van der Waals surface area (Å²) in [6.45, 7) is 1.89. The van der Waals surface area contributed by atoms with Crippen LogP contribution < -0.4 is 15.4 Å². The molecule has 0 aromatic heterocycles. The van der Waals surface area contributed by atoms with Gasteiger partial charge in [-0.1, -0.05) is 29.3 Å². The van der Waals surface area contributed by atoms with E-state index in [4.69, 9.17) is 27.9 Å². The second kappa shape index (κ2) is 8.04. The van der Waals surface area contributed by atoms with Crippen LogP contribution in [0.1, 0.15) is 12.0 Å². The first-order chi connectivity index (χ1) is 11.4. The van der Waals surface area contributed by atoms with Gasteiger partial charge in [0.25, 0.3) is 0 Å². The van der Waals surface area contributed by atoms with Gasteiger partial charge in [-0.25, -0.2) is 0 Å². The predicted octanol–water partition coefficient (Wildman–Crippen LogP) is 4.28. The molecule has 0 atom stereocenters. The van der Waals surface area contributed by atoms with Crippen LogP contribution in [-0.2, 0) is 9.59 Å². The number of nitrogens with one attached hydrogen (secondary N) is 2. The van der Waals surface area contributed by atoms with Crippen molar-refractivity contribution in [2.75, 3.05) is 17.7 Å². The third kappa shape index (κ3) is 4.88. The van der Waals surface area contributed by atoms with Gasteiger partial charge in [0.05, 0.1) is 22.8 Å². The maximum absolute atomic E-state index is 12.0. The van der Waals surface area contributed by atoms with Crippen molar-refractivity contribution < 1.29 is 14.3 Å². The summed E-state index contributed by atoms with van der Waals surface area (Å²) in [5, 5.41) is 5.97. The molecule has 24 heavy (non-hydrogen) atoms. The van der Waals surface area contributed by atoms with Crippen LogP contribution in [0.15, 0.2) is 36.4 Å². The fourth-order valence-electron chi connectivity index (χ4n) is 2.04. The maximum atomic E-state index is 12.0. The largest absolute Gasteiger partial charge is 0.495 e. The topological polar surface area (TPSA) is 67.4 Å². The van der Waals surface area contributed by atoms with Crippen molar-refractivity contribution in [2.45, 2.75) is 13.3 Å². The van der Waals surface area contributed by atoms with E-state index in [-0.39, 0.29) is 6.42 Å². The van der Waals surface area contributed by atoms with Crippen LogP contribution in [0.4, 0.5) is 11.4 Å². The Kier molecular flexibility index (Phi) is 6.06. The molecule has 2 aromatic rings. The number of carbonyl (C=O) groups excluding carboxylic acids is 2. The van der Waals surface area contributed by atoms with Crippen LogP contribution in [0, 0.1) is 6.92 Å². The lowest BCUT2D eigenvalue weighted by atomic mass is 10.2. The Labute approximate surface area is 149 Å². The highest BCUT2D eigenvalue weighted by Crippen LogP contribution is 2.26. The molecule has 0 saturated heterocycles. The molecular formula is C17H16Cl2N2O3. The van der Waals surface area contributed by atoms with Gasteiger partial charge >= 0.3 is 0 Å². The Balaban J connectivity index is 1.98. The Bertz CT molecular complexity index is 778. The molecule has 0 aliphatic carbocycles. The Morgan fingerprint density at radius 1 is 1.00 bits per heavy atom. The highest BCUT2D eigenvalue weighted by Gasteiger charge is 2.13. The summed E-state index contributed by atoms with van der Waals surface area (Å²) in [6, 6.07) is 10.1. The fourth-order valence-corrected chi connectivity index (χ4v) is 2.34. The molecule has 0 aliphatic heterocycles. The SMILES string of the molecule is COc1ccc(C)cc1NC(=O)CC(=O)Nc1ccc(Cl)c(Cl)c1. The average Bonchev–Trinajstić information content (AvgIpc) is 2.51. The van der Waals surface area contributed by atoms with Crippen molar-refractivity contribution in [3.63, 3.8) is 0 Å². The first-order valence-electron chi connectivity index (χ1n) is 7.08. The fraction of sp³-hybridized carbons (Fsp3) is 0.176. The summed E-state index contributed by atoms with van der Waals surface area (Å²) in [5.74, 6) is -0.382. The van der Waals surface area contributed by atoms with E-state index in [1.54, 1.807) is 24.3 Å². The minimum Gasteiger partial charge on any atom is -0.495 e. The van der Waals surface area contributed by atoms with E-state index in [0.29, 0.717) is 27.2 Å². The van der Waals surface area contributed by atoms with E-state index in [0.717, 1.165) is 5.56 Å². The van der Waals surface area contributed by atoms with Crippen molar-refractivity contribution in [1.29, 1.82) is 0 Å². The van der Waals surface area contributed by atoms with E-state index in [1.165, 1.54) is 13.2 Å². The molecule has 0 radical (unpaired) electrons. The average molecular weight is 367 g/mol. The summed E-state index contributed by atoms with van der Waals surface area (Å²) in [6.07, 6.45) is -0.336. The smallest absolute Gasteiger partial charge is 0.233 e. The third-order valence-electron chi connectivity index (χ3n) is 3.15. The number of anilines is 2. The second-order valence-electron chi connectivity index (χ2n) is 5.11. The number of rotatable bonds is 5. The van der Waals surface area contributed by atoms with Gasteiger partial charge in [-0.2, -0.15) is 0 Å². The van der Waals surface area contributed by atoms with Crippen molar-refractivity contribution in [3.05, 3.63) is 52.0 Å². The molecule has 126 valence electrons. The molecule has 2 rings (SSSR count). The van der Waals surface area contributed by atoms with Crippen LogP contribution in [0.3, 0.4) is 0 Å². The number of halogens is 2. The normalized spacial score (nSPS) is 10.2. The molecule has 2 aromatic carbocycles. The van der Waals surface area contributed by atoms with Gasteiger partial charge in [-0.05, 0) is 42.8 Å². The summed E-state index contributed by atoms with van der Waals surface area (Å²) < 4.78 is 5.18. The summed E-state index contributed by atoms with van der Waals surface area (Å²) in [4.78, 5) is 24.0. The van der Waals surface area contributed by atoms with Crippen molar-refractivity contribution in [2.24, 2.45) is 0 Å². The van der Waals surface area contributed by atoms with Gasteiger partial charge in [0.1, 0.15) is 12.2 Å². The number of hydrogen-bond acceptors (Lipinski definition) is 3. The molecule has 0 heterocycles. The molecule has 0 saturated carbocycles. The second-order valence-corrected chi connectivity index (χ2v) is 5.92. The first kappa shape index (κ1) is 18.1. The van der Waals surface area contributed by atoms with E-state index < -0.39 is 11.8 Å². The van der Waals surface area contributed by atoms with E-state index in [1.807, 2.05) is 13.0 Å². The number of aryl methyl sites for hydroxylation is 1. The number of carbonyl (C=O) groups is 2. The Morgan fingerprint density at radius 2 is 1.71 bits per heavy atom. The number of methoxy groups -OCH3 is 1. The van der Waals surface area contributed by atoms with Gasteiger partial charge in [-0.3, -0.25) is 9.59 Å². The zero-order valence-electron chi connectivity index (χ0n) is 13.2. The number of benzene rings is 2. The molecule has 0 unspecified atom stereocenters. The highest BCUT2D eigenvalue weighted by molar-refractivity contribution is 6.42. The minimum atomic E-state index is -0.461. The monoisotopic (exact) mass is 366 g/mol. The third-order valence-corrected chi connectivity index (χ3v) is 3.89. The zero-order valence-corrected chi connectivity index (χ0v) is 14.7. The van der Waals surface area contributed by atoms with Crippen molar-refractivity contribution in [1.82, 2.24) is 0 Å². The molecule has 2 amide bonds. The molecule has 5 nitrogen and oxygen atoms in total. The van der Waals surface area contributed by atoms with E-state index in [9.17, 15) is 9.59 Å². The Hall–Kier alpha value is -2.24. The quantitative estimate of drug-likeness (QED) is 0.776. The highest BCUT2D eigenvalue weighted by atomic mass is 35.5. The summed E-state index contributed by atoms with van der Waals surface area (Å²) >= 11 is 11.7. The van der Waals surface area contributed by atoms with Crippen molar-refractivity contribution >= 4 is 46.4 Å². The molecule has 0 spiro atoms. The van der Waals surface area contributed by atoms with Gasteiger partial charge in [-0.15, -0.1) is 0 Å². The molecule has 0 aliphatic rings. The molecule has 2 N–H and O–H groups in total. The molecular weight excluding hydrogens is 351 g/mol. The number of amides is 2.